The summed E-state index contributed by atoms with van der Waals surface area (Å²) in [7, 11) is 0. The molecule has 1 unspecified atom stereocenters. The van der Waals surface area contributed by atoms with Crippen LogP contribution >= 0.6 is 11.6 Å². The summed E-state index contributed by atoms with van der Waals surface area (Å²) in [4.78, 5) is 41.5. The van der Waals surface area contributed by atoms with Crippen LogP contribution in [-0.2, 0) is 9.53 Å². The van der Waals surface area contributed by atoms with Crippen molar-refractivity contribution in [1.29, 1.82) is 0 Å². The number of halogens is 1. The number of hydrogen-bond acceptors (Lipinski definition) is 5. The Kier molecular flexibility index (Phi) is 6.56. The molecule has 0 aliphatic carbocycles. The van der Waals surface area contributed by atoms with Crippen LogP contribution in [0.15, 0.2) is 78.9 Å². The number of benzene rings is 3. The van der Waals surface area contributed by atoms with Gasteiger partial charge in [-0.15, -0.1) is 0 Å². The van der Waals surface area contributed by atoms with Crippen molar-refractivity contribution in [1.82, 2.24) is 4.98 Å². The number of hydrogen-bond donors (Lipinski definition) is 2. The first kappa shape index (κ1) is 22.9. The highest BCUT2D eigenvalue weighted by molar-refractivity contribution is 6.33. The zero-order valence-corrected chi connectivity index (χ0v) is 18.9. The van der Waals surface area contributed by atoms with Crippen LogP contribution < -0.4 is 11.1 Å². The first-order chi connectivity index (χ1) is 16.3. The Bertz CT molecular complexity index is 1400. The molecule has 7 nitrogen and oxygen atoms in total. The molecule has 0 saturated heterocycles. The predicted molar refractivity (Wildman–Crippen MR) is 131 cm³/mol. The zero-order valence-electron chi connectivity index (χ0n) is 18.1. The molecule has 4 rings (SSSR count). The van der Waals surface area contributed by atoms with Gasteiger partial charge in [-0.1, -0.05) is 48.0 Å². The number of amides is 2. The lowest BCUT2D eigenvalue weighted by Gasteiger charge is -2.15. The number of anilines is 1. The molecule has 4 aromatic rings. The monoisotopic (exact) mass is 473 g/mol. The Labute approximate surface area is 200 Å². The van der Waals surface area contributed by atoms with Gasteiger partial charge in [-0.3, -0.25) is 9.59 Å². The van der Waals surface area contributed by atoms with E-state index in [4.69, 9.17) is 22.1 Å². The van der Waals surface area contributed by atoms with Crippen LogP contribution in [0.25, 0.3) is 22.2 Å². The van der Waals surface area contributed by atoms with Gasteiger partial charge in [-0.2, -0.15) is 0 Å². The first-order valence-corrected chi connectivity index (χ1v) is 10.8. The van der Waals surface area contributed by atoms with Crippen molar-refractivity contribution in [2.75, 3.05) is 5.32 Å². The van der Waals surface area contributed by atoms with Crippen LogP contribution in [-0.4, -0.2) is 28.9 Å². The van der Waals surface area contributed by atoms with Crippen molar-refractivity contribution < 1.29 is 19.1 Å². The Morgan fingerprint density at radius 1 is 0.971 bits per heavy atom. The van der Waals surface area contributed by atoms with Gasteiger partial charge in [0.15, 0.2) is 6.10 Å². The van der Waals surface area contributed by atoms with Crippen LogP contribution in [0.1, 0.15) is 27.6 Å². The van der Waals surface area contributed by atoms with E-state index in [1.807, 2.05) is 24.3 Å². The van der Waals surface area contributed by atoms with Crippen LogP contribution in [0.5, 0.6) is 0 Å². The molecular formula is C26H20ClN3O4. The first-order valence-electron chi connectivity index (χ1n) is 10.4. The summed E-state index contributed by atoms with van der Waals surface area (Å²) in [6.07, 6.45) is -1.08. The highest BCUT2D eigenvalue weighted by Crippen LogP contribution is 2.30. The molecule has 0 bridgehead atoms. The number of primary amides is 1. The van der Waals surface area contributed by atoms with E-state index < -0.39 is 23.9 Å². The average molecular weight is 474 g/mol. The minimum Gasteiger partial charge on any atom is -0.449 e. The second kappa shape index (κ2) is 9.72. The fraction of sp³-hybridized carbons (Fsp3) is 0.0769. The van der Waals surface area contributed by atoms with Gasteiger partial charge >= 0.3 is 5.97 Å². The zero-order chi connectivity index (χ0) is 24.2. The molecule has 0 aliphatic rings. The number of nitrogens with one attached hydrogen (secondary N) is 1. The fourth-order valence-electron chi connectivity index (χ4n) is 3.39. The van der Waals surface area contributed by atoms with Crippen molar-refractivity contribution in [3.8, 4) is 11.3 Å². The van der Waals surface area contributed by atoms with Gasteiger partial charge < -0.3 is 15.8 Å². The minimum absolute atomic E-state index is 0.269. The van der Waals surface area contributed by atoms with E-state index in [1.54, 1.807) is 42.5 Å². The van der Waals surface area contributed by atoms with E-state index in [0.29, 0.717) is 38.4 Å². The van der Waals surface area contributed by atoms with E-state index in [9.17, 15) is 14.4 Å². The lowest BCUT2D eigenvalue weighted by molar-refractivity contribution is -0.123. The lowest BCUT2D eigenvalue weighted by Crippen LogP contribution is -2.30. The molecule has 3 N–H and O–H groups in total. The van der Waals surface area contributed by atoms with E-state index >= 15 is 0 Å². The van der Waals surface area contributed by atoms with Crippen LogP contribution in [0, 0.1) is 0 Å². The van der Waals surface area contributed by atoms with E-state index in [2.05, 4.69) is 10.3 Å². The summed E-state index contributed by atoms with van der Waals surface area (Å²) >= 11 is 6.34. The molecule has 1 atom stereocenters. The predicted octanol–water partition coefficient (Wildman–Crippen LogP) is 4.84. The Morgan fingerprint density at radius 3 is 2.35 bits per heavy atom. The molecular weight excluding hydrogens is 454 g/mol. The molecule has 0 saturated carbocycles. The molecule has 34 heavy (non-hydrogen) atoms. The number of nitrogens with two attached hydrogens (primary N) is 1. The summed E-state index contributed by atoms with van der Waals surface area (Å²) in [6, 6.07) is 22.0. The van der Waals surface area contributed by atoms with Crippen LogP contribution in [0.4, 0.5) is 5.69 Å². The molecule has 170 valence electrons. The number of nitrogens with zero attached hydrogens (tertiary/aromatic N) is 1. The van der Waals surface area contributed by atoms with Gasteiger partial charge in [-0.25, -0.2) is 9.78 Å². The Morgan fingerprint density at radius 2 is 1.65 bits per heavy atom. The summed E-state index contributed by atoms with van der Waals surface area (Å²) in [5.41, 5.74) is 8.03. The Balaban J connectivity index is 1.58. The molecule has 1 aromatic heterocycles. The standard InChI is InChI=1S/C26H20ClN3O4/c1-15(25(32)29-17-12-10-16(11-13-17)24(28)31)34-26(33)20-14-23(19-7-2-4-8-21(19)27)30-22-9-5-3-6-18(20)22/h2-15H,1H3,(H2,28,31)(H,29,32). The molecule has 1 heterocycles. The molecule has 0 spiro atoms. The molecule has 3 aromatic carbocycles. The number of carbonyl (C=O) groups is 3. The third-order valence-electron chi connectivity index (χ3n) is 5.18. The number of rotatable bonds is 6. The normalized spacial score (nSPS) is 11.6. The average Bonchev–Trinajstić information content (AvgIpc) is 2.83. The number of aromatic nitrogens is 1. The van der Waals surface area contributed by atoms with Crippen LogP contribution in [0.3, 0.4) is 0 Å². The maximum Gasteiger partial charge on any atom is 0.339 e. The summed E-state index contributed by atoms with van der Waals surface area (Å²) in [5.74, 6) is -1.76. The second-order valence-electron chi connectivity index (χ2n) is 7.53. The van der Waals surface area contributed by atoms with E-state index in [-0.39, 0.29) is 5.56 Å². The van der Waals surface area contributed by atoms with Gasteiger partial charge in [0, 0.05) is 27.2 Å². The number of fused-ring (bicyclic) bond motifs is 1. The third-order valence-corrected chi connectivity index (χ3v) is 5.51. The van der Waals surface area contributed by atoms with Gasteiger partial charge in [0.2, 0.25) is 5.91 Å². The molecule has 0 aliphatic heterocycles. The smallest absolute Gasteiger partial charge is 0.339 e. The fourth-order valence-corrected chi connectivity index (χ4v) is 3.62. The number of para-hydroxylation sites is 1. The maximum atomic E-state index is 13.1. The number of carbonyl (C=O) groups excluding carboxylic acids is 3. The van der Waals surface area contributed by atoms with Crippen molar-refractivity contribution in [3.05, 3.63) is 95.0 Å². The summed E-state index contributed by atoms with van der Waals surface area (Å²) < 4.78 is 5.48. The molecule has 0 fully saturated rings. The largest absolute Gasteiger partial charge is 0.449 e. The third kappa shape index (κ3) is 4.89. The maximum absolute atomic E-state index is 13.1. The van der Waals surface area contributed by atoms with Gasteiger partial charge in [0.25, 0.3) is 5.91 Å². The number of pyridine rings is 1. The topological polar surface area (TPSA) is 111 Å². The number of esters is 1. The molecule has 0 radical (unpaired) electrons. The van der Waals surface area contributed by atoms with Crippen molar-refractivity contribution in [3.63, 3.8) is 0 Å². The second-order valence-corrected chi connectivity index (χ2v) is 7.94. The summed E-state index contributed by atoms with van der Waals surface area (Å²) in [5, 5.41) is 3.74. The molecule has 8 heteroatoms. The highest BCUT2D eigenvalue weighted by atomic mass is 35.5. The van der Waals surface area contributed by atoms with Crippen molar-refractivity contribution >= 4 is 46.0 Å². The van der Waals surface area contributed by atoms with Crippen molar-refractivity contribution in [2.45, 2.75) is 13.0 Å². The number of ether oxygens (including phenoxy) is 1. The summed E-state index contributed by atoms with van der Waals surface area (Å²) in [6.45, 7) is 1.48. The minimum atomic E-state index is -1.08. The SMILES string of the molecule is CC(OC(=O)c1cc(-c2ccccc2Cl)nc2ccccc12)C(=O)Nc1ccc(C(N)=O)cc1. The lowest BCUT2D eigenvalue weighted by atomic mass is 10.0. The van der Waals surface area contributed by atoms with Crippen molar-refractivity contribution in [2.24, 2.45) is 5.73 Å². The van der Waals surface area contributed by atoms with Gasteiger partial charge in [-0.05, 0) is 49.4 Å². The molecule has 2 amide bonds. The van der Waals surface area contributed by atoms with E-state index in [1.165, 1.54) is 19.1 Å². The van der Waals surface area contributed by atoms with Gasteiger partial charge in [0.05, 0.1) is 16.8 Å². The van der Waals surface area contributed by atoms with Crippen LogP contribution in [0.2, 0.25) is 5.02 Å². The van der Waals surface area contributed by atoms with Gasteiger partial charge in [0.1, 0.15) is 0 Å². The Hall–Kier alpha value is -4.23. The van der Waals surface area contributed by atoms with E-state index in [0.717, 1.165) is 0 Å². The highest BCUT2D eigenvalue weighted by Gasteiger charge is 2.22. The quantitative estimate of drug-likeness (QED) is 0.389.